The molecule has 1 heterocycles. The van der Waals surface area contributed by atoms with Crippen LogP contribution in [0.3, 0.4) is 0 Å². The summed E-state index contributed by atoms with van der Waals surface area (Å²) >= 11 is 0. The van der Waals surface area contributed by atoms with Gasteiger partial charge in [-0.3, -0.25) is 4.98 Å². The minimum absolute atomic E-state index is 0.129. The molecule has 16 heavy (non-hydrogen) atoms. The molecule has 2 aromatic rings. The molecule has 0 amide bonds. The third-order valence-electron chi connectivity index (χ3n) is 2.18. The second-order valence-electron chi connectivity index (χ2n) is 3.39. The highest BCUT2D eigenvalue weighted by atomic mass is 19.1. The first-order chi connectivity index (χ1) is 7.58. The highest BCUT2D eigenvalue weighted by molar-refractivity contribution is 5.64. The second-order valence-corrected chi connectivity index (χ2v) is 3.39. The number of rotatable bonds is 1. The van der Waals surface area contributed by atoms with Crippen molar-refractivity contribution in [3.8, 4) is 17.0 Å². The predicted molar refractivity (Wildman–Crippen MR) is 58.2 cm³/mol. The van der Waals surface area contributed by atoms with Gasteiger partial charge in [0, 0.05) is 11.6 Å². The zero-order chi connectivity index (χ0) is 11.7. The summed E-state index contributed by atoms with van der Waals surface area (Å²) in [7, 11) is 0. The summed E-state index contributed by atoms with van der Waals surface area (Å²) in [5.41, 5.74) is 6.74. The van der Waals surface area contributed by atoms with Crippen molar-refractivity contribution in [1.82, 2.24) is 9.97 Å². The topological polar surface area (TPSA) is 72.0 Å². The second kappa shape index (κ2) is 3.77. The zero-order valence-electron chi connectivity index (χ0n) is 8.61. The van der Waals surface area contributed by atoms with Crippen molar-refractivity contribution in [2.24, 2.45) is 0 Å². The summed E-state index contributed by atoms with van der Waals surface area (Å²) in [5.74, 6) is -0.452. The third-order valence-corrected chi connectivity index (χ3v) is 2.18. The maximum atomic E-state index is 13.6. The fourth-order valence-corrected chi connectivity index (χ4v) is 1.41. The summed E-state index contributed by atoms with van der Waals surface area (Å²) < 4.78 is 13.6. The van der Waals surface area contributed by atoms with E-state index in [1.54, 1.807) is 6.92 Å². The molecule has 3 N–H and O–H groups in total. The Morgan fingerprint density at radius 3 is 2.81 bits per heavy atom. The van der Waals surface area contributed by atoms with E-state index in [9.17, 15) is 4.39 Å². The molecule has 0 saturated heterocycles. The van der Waals surface area contributed by atoms with E-state index in [1.807, 2.05) is 0 Å². The molecule has 0 fully saturated rings. The number of benzene rings is 1. The van der Waals surface area contributed by atoms with Crippen molar-refractivity contribution in [3.63, 3.8) is 0 Å². The lowest BCUT2D eigenvalue weighted by atomic mass is 10.1. The lowest BCUT2D eigenvalue weighted by molar-refractivity contribution is 0.469. The lowest BCUT2D eigenvalue weighted by Crippen LogP contribution is -1.98. The van der Waals surface area contributed by atoms with Crippen LogP contribution in [0.5, 0.6) is 5.75 Å². The van der Waals surface area contributed by atoms with Gasteiger partial charge in [-0.1, -0.05) is 0 Å². The minimum atomic E-state index is -0.553. The Morgan fingerprint density at radius 1 is 1.38 bits per heavy atom. The van der Waals surface area contributed by atoms with E-state index in [1.165, 1.54) is 18.3 Å². The van der Waals surface area contributed by atoms with E-state index < -0.39 is 5.82 Å². The molecule has 0 aliphatic rings. The Kier molecular flexibility index (Phi) is 2.44. The van der Waals surface area contributed by atoms with Crippen molar-refractivity contribution in [2.75, 3.05) is 5.73 Å². The van der Waals surface area contributed by atoms with Gasteiger partial charge in [-0.05, 0) is 19.1 Å². The summed E-state index contributed by atoms with van der Waals surface area (Å²) in [6.45, 7) is 1.72. The Morgan fingerprint density at radius 2 is 2.12 bits per heavy atom. The Hall–Kier alpha value is -2.17. The lowest BCUT2D eigenvalue weighted by Gasteiger charge is -2.06. The first kappa shape index (κ1) is 10.4. The number of nitrogens with zero attached hydrogens (tertiary/aromatic N) is 2. The van der Waals surface area contributed by atoms with Crippen molar-refractivity contribution in [2.45, 2.75) is 6.92 Å². The molecule has 5 heteroatoms. The van der Waals surface area contributed by atoms with Gasteiger partial charge >= 0.3 is 0 Å². The van der Waals surface area contributed by atoms with Crippen LogP contribution in [0.1, 0.15) is 5.69 Å². The molecule has 0 atom stereocenters. The fraction of sp³-hybridized carbons (Fsp3) is 0.0909. The van der Waals surface area contributed by atoms with Gasteiger partial charge in [-0.2, -0.15) is 0 Å². The van der Waals surface area contributed by atoms with E-state index in [0.717, 1.165) is 6.07 Å². The van der Waals surface area contributed by atoms with Crippen LogP contribution in [-0.2, 0) is 0 Å². The largest absolute Gasteiger partial charge is 0.508 e. The highest BCUT2D eigenvalue weighted by Crippen LogP contribution is 2.26. The van der Waals surface area contributed by atoms with Crippen LogP contribution in [0.15, 0.2) is 24.4 Å². The van der Waals surface area contributed by atoms with Crippen molar-refractivity contribution < 1.29 is 9.50 Å². The monoisotopic (exact) mass is 219 g/mol. The van der Waals surface area contributed by atoms with Gasteiger partial charge in [-0.25, -0.2) is 9.37 Å². The summed E-state index contributed by atoms with van der Waals surface area (Å²) in [6.07, 6.45) is 1.41. The van der Waals surface area contributed by atoms with Gasteiger partial charge in [0.1, 0.15) is 17.4 Å². The smallest absolute Gasteiger partial charge is 0.142 e. The number of phenolic OH excluding ortho intramolecular Hbond substituents is 1. The fourth-order valence-electron chi connectivity index (χ4n) is 1.41. The molecule has 82 valence electrons. The van der Waals surface area contributed by atoms with Crippen LogP contribution in [-0.4, -0.2) is 15.1 Å². The van der Waals surface area contributed by atoms with E-state index in [4.69, 9.17) is 10.8 Å². The molecule has 4 nitrogen and oxygen atoms in total. The first-order valence-corrected chi connectivity index (χ1v) is 4.66. The molecule has 1 aromatic carbocycles. The number of anilines is 1. The number of aromatic hydroxyl groups is 1. The maximum absolute atomic E-state index is 13.6. The SMILES string of the molecule is Cc1ncc(N)nc1-c1ccc(O)cc1F. The Labute approximate surface area is 91.6 Å². The van der Waals surface area contributed by atoms with Crippen molar-refractivity contribution in [3.05, 3.63) is 35.9 Å². The molecule has 2 rings (SSSR count). The van der Waals surface area contributed by atoms with E-state index in [-0.39, 0.29) is 17.1 Å². The van der Waals surface area contributed by atoms with Crippen LogP contribution >= 0.6 is 0 Å². The molecule has 0 saturated carbocycles. The zero-order valence-corrected chi connectivity index (χ0v) is 8.61. The minimum Gasteiger partial charge on any atom is -0.508 e. The van der Waals surface area contributed by atoms with Crippen LogP contribution in [0.4, 0.5) is 10.2 Å². The van der Waals surface area contributed by atoms with Gasteiger partial charge < -0.3 is 10.8 Å². The van der Waals surface area contributed by atoms with E-state index >= 15 is 0 Å². The maximum Gasteiger partial charge on any atom is 0.142 e. The molecule has 1 aromatic heterocycles. The summed E-state index contributed by atoms with van der Waals surface area (Å²) in [5, 5.41) is 9.11. The molecule has 0 aliphatic heterocycles. The molecule has 0 bridgehead atoms. The van der Waals surface area contributed by atoms with Crippen LogP contribution in [0.25, 0.3) is 11.3 Å². The number of hydrogen-bond acceptors (Lipinski definition) is 4. The number of halogens is 1. The van der Waals surface area contributed by atoms with E-state index in [2.05, 4.69) is 9.97 Å². The van der Waals surface area contributed by atoms with Crippen LogP contribution in [0, 0.1) is 12.7 Å². The van der Waals surface area contributed by atoms with Crippen molar-refractivity contribution >= 4 is 5.82 Å². The Balaban J connectivity index is 2.62. The van der Waals surface area contributed by atoms with Crippen LogP contribution < -0.4 is 5.73 Å². The molecule has 0 radical (unpaired) electrons. The number of nitrogens with two attached hydrogens (primary N) is 1. The van der Waals surface area contributed by atoms with Crippen molar-refractivity contribution in [1.29, 1.82) is 0 Å². The van der Waals surface area contributed by atoms with E-state index in [0.29, 0.717) is 11.4 Å². The van der Waals surface area contributed by atoms with Crippen LogP contribution in [0.2, 0.25) is 0 Å². The summed E-state index contributed by atoms with van der Waals surface area (Å²) in [6, 6.07) is 3.86. The summed E-state index contributed by atoms with van der Waals surface area (Å²) in [4.78, 5) is 8.03. The average Bonchev–Trinajstić information content (AvgIpc) is 2.22. The van der Waals surface area contributed by atoms with Gasteiger partial charge in [0.15, 0.2) is 0 Å². The first-order valence-electron chi connectivity index (χ1n) is 4.66. The molecule has 0 aliphatic carbocycles. The number of aryl methyl sites for hydroxylation is 1. The predicted octanol–water partition coefficient (Wildman–Crippen LogP) is 1.88. The molecular formula is C11H10FN3O. The number of aromatic nitrogens is 2. The highest BCUT2D eigenvalue weighted by Gasteiger charge is 2.11. The molecule has 0 unspecified atom stereocenters. The average molecular weight is 219 g/mol. The quantitative estimate of drug-likeness (QED) is 0.768. The van der Waals surface area contributed by atoms with Gasteiger partial charge in [-0.15, -0.1) is 0 Å². The van der Waals surface area contributed by atoms with Gasteiger partial charge in [0.2, 0.25) is 0 Å². The Bertz CT molecular complexity index is 543. The molecular weight excluding hydrogens is 209 g/mol. The number of hydrogen-bond donors (Lipinski definition) is 2. The van der Waals surface area contributed by atoms with Gasteiger partial charge in [0.05, 0.1) is 17.6 Å². The number of phenols is 1. The standard InChI is InChI=1S/C11H10FN3O/c1-6-11(15-10(13)5-14-6)8-3-2-7(16)4-9(8)12/h2-5,16H,1H3,(H2,13,15). The normalized spacial score (nSPS) is 10.4. The molecule has 0 spiro atoms. The number of nitrogen functional groups attached to an aromatic ring is 1. The van der Waals surface area contributed by atoms with Gasteiger partial charge in [0.25, 0.3) is 0 Å². The third kappa shape index (κ3) is 1.79.